The number of aliphatic hydroxyl groups excluding tert-OH is 1. The second-order valence-corrected chi connectivity index (χ2v) is 10.8. The van der Waals surface area contributed by atoms with Gasteiger partial charge in [-0.25, -0.2) is 22.8 Å². The van der Waals surface area contributed by atoms with Gasteiger partial charge < -0.3 is 23.9 Å². The van der Waals surface area contributed by atoms with Gasteiger partial charge in [-0.05, 0) is 37.6 Å². The van der Waals surface area contributed by atoms with E-state index in [0.717, 1.165) is 12.4 Å². The van der Waals surface area contributed by atoms with Gasteiger partial charge in [0.1, 0.15) is 28.2 Å². The number of nitrogens with zero attached hydrogens (tertiary/aromatic N) is 6. The third-order valence-electron chi connectivity index (χ3n) is 6.20. The zero-order valence-corrected chi connectivity index (χ0v) is 22.1. The molecule has 4 aromatic rings. The fourth-order valence-electron chi connectivity index (χ4n) is 4.42. The lowest BCUT2D eigenvalue weighted by atomic mass is 10.1. The van der Waals surface area contributed by atoms with Crippen LogP contribution in [0.2, 0.25) is 0 Å². The quantitative estimate of drug-likeness (QED) is 0.326. The number of β-amino-alcohol motifs (C(OH)–C–C–N with tert-alkyl or cyclic N) is 1. The predicted molar refractivity (Wildman–Crippen MR) is 138 cm³/mol. The van der Waals surface area contributed by atoms with E-state index in [-0.39, 0.29) is 37.2 Å². The number of nitrogens with one attached hydrogen (secondary N) is 1. The monoisotopic (exact) mass is 559 g/mol. The number of sulfonamides is 1. The van der Waals surface area contributed by atoms with Crippen LogP contribution in [-0.4, -0.2) is 76.9 Å². The van der Waals surface area contributed by atoms with Gasteiger partial charge in [0.25, 0.3) is 0 Å². The van der Waals surface area contributed by atoms with E-state index in [2.05, 4.69) is 24.9 Å². The minimum absolute atomic E-state index is 0.0472. The minimum atomic E-state index is -4.17. The molecule has 1 aliphatic rings. The van der Waals surface area contributed by atoms with Crippen LogP contribution in [0.3, 0.4) is 0 Å². The molecule has 39 heavy (non-hydrogen) atoms. The Labute approximate surface area is 223 Å². The van der Waals surface area contributed by atoms with Crippen LogP contribution in [-0.2, 0) is 10.0 Å². The number of aromatic nitrogens is 5. The molecule has 5 rings (SSSR count). The molecule has 0 unspecified atom stereocenters. The number of para-hydroxylation sites is 1. The van der Waals surface area contributed by atoms with E-state index in [9.17, 15) is 17.9 Å². The number of rotatable bonds is 8. The zero-order valence-electron chi connectivity index (χ0n) is 21.3. The zero-order chi connectivity index (χ0) is 27.7. The highest BCUT2D eigenvalue weighted by Gasteiger charge is 2.37. The molecule has 0 radical (unpaired) electrons. The number of halogens is 1. The van der Waals surface area contributed by atoms with Gasteiger partial charge in [-0.3, -0.25) is 9.29 Å². The van der Waals surface area contributed by atoms with Crippen molar-refractivity contribution in [2.75, 3.05) is 36.9 Å². The molecule has 1 fully saturated rings. The van der Waals surface area contributed by atoms with Gasteiger partial charge in [0.15, 0.2) is 11.6 Å². The number of methoxy groups -OCH3 is 2. The number of aryl methyl sites for hydroxylation is 1. The molecule has 1 aliphatic heterocycles. The van der Waals surface area contributed by atoms with E-state index < -0.39 is 27.2 Å². The average Bonchev–Trinajstić information content (AvgIpc) is 3.53. The number of ether oxygens (including phenoxy) is 2. The van der Waals surface area contributed by atoms with Crippen molar-refractivity contribution in [1.82, 2.24) is 24.7 Å². The Bertz CT molecular complexity index is 1550. The van der Waals surface area contributed by atoms with Gasteiger partial charge in [-0.15, -0.1) is 10.2 Å². The van der Waals surface area contributed by atoms with Gasteiger partial charge in [0.2, 0.25) is 27.7 Å². The molecule has 3 aromatic heterocycles. The van der Waals surface area contributed by atoms with Gasteiger partial charge in [0, 0.05) is 13.1 Å². The SMILES string of the molecule is COc1cccc(OC)c1-n1c(NS(=O)(=O)[C@@H]2C[C@H](O)CN(c3ncc(F)cn3)C2)nnc1-c1ccc(C)o1. The van der Waals surface area contributed by atoms with E-state index in [4.69, 9.17) is 13.9 Å². The van der Waals surface area contributed by atoms with E-state index in [1.807, 2.05) is 0 Å². The van der Waals surface area contributed by atoms with Crippen molar-refractivity contribution < 1.29 is 31.8 Å². The third-order valence-corrected chi connectivity index (χ3v) is 7.89. The maximum absolute atomic E-state index is 13.7. The Morgan fingerprint density at radius 1 is 1.08 bits per heavy atom. The molecule has 1 aromatic carbocycles. The average molecular weight is 560 g/mol. The molecule has 13 nitrogen and oxygen atoms in total. The first-order chi connectivity index (χ1) is 18.7. The van der Waals surface area contributed by atoms with Crippen LogP contribution in [0.15, 0.2) is 47.1 Å². The summed E-state index contributed by atoms with van der Waals surface area (Å²) in [4.78, 5) is 9.32. The van der Waals surface area contributed by atoms with Crippen LogP contribution in [0.4, 0.5) is 16.3 Å². The highest BCUT2D eigenvalue weighted by Crippen LogP contribution is 2.38. The summed E-state index contributed by atoms with van der Waals surface area (Å²) in [5, 5.41) is 17.7. The van der Waals surface area contributed by atoms with Crippen molar-refractivity contribution in [3.8, 4) is 28.8 Å². The Hall–Kier alpha value is -4.24. The first kappa shape index (κ1) is 26.4. The van der Waals surface area contributed by atoms with Crippen molar-refractivity contribution in [2.24, 2.45) is 0 Å². The lowest BCUT2D eigenvalue weighted by Crippen LogP contribution is -2.50. The van der Waals surface area contributed by atoms with Crippen LogP contribution >= 0.6 is 0 Å². The first-order valence-corrected chi connectivity index (χ1v) is 13.4. The van der Waals surface area contributed by atoms with E-state index in [1.165, 1.54) is 23.7 Å². The number of piperidine rings is 1. The topological polar surface area (TPSA) is 158 Å². The molecule has 0 aliphatic carbocycles. The van der Waals surface area contributed by atoms with Crippen LogP contribution < -0.4 is 19.1 Å². The summed E-state index contributed by atoms with van der Waals surface area (Å²) in [5.74, 6) is 1.22. The summed E-state index contributed by atoms with van der Waals surface area (Å²) in [7, 11) is -1.23. The van der Waals surface area contributed by atoms with E-state index in [1.54, 1.807) is 37.3 Å². The molecule has 0 bridgehead atoms. The van der Waals surface area contributed by atoms with Crippen molar-refractivity contribution >= 4 is 21.9 Å². The third kappa shape index (κ3) is 5.22. The minimum Gasteiger partial charge on any atom is -0.494 e. The van der Waals surface area contributed by atoms with E-state index >= 15 is 0 Å². The van der Waals surface area contributed by atoms with Crippen LogP contribution in [0.1, 0.15) is 12.2 Å². The molecule has 206 valence electrons. The fourth-order valence-corrected chi connectivity index (χ4v) is 5.83. The summed E-state index contributed by atoms with van der Waals surface area (Å²) >= 11 is 0. The summed E-state index contributed by atoms with van der Waals surface area (Å²) < 4.78 is 61.5. The number of anilines is 2. The molecule has 2 atom stereocenters. The molecule has 1 saturated heterocycles. The Kier molecular flexibility index (Phi) is 7.10. The Morgan fingerprint density at radius 2 is 1.77 bits per heavy atom. The second-order valence-electron chi connectivity index (χ2n) is 8.87. The van der Waals surface area contributed by atoms with Crippen molar-refractivity contribution in [3.63, 3.8) is 0 Å². The van der Waals surface area contributed by atoms with Crippen molar-refractivity contribution in [1.29, 1.82) is 0 Å². The predicted octanol–water partition coefficient (Wildman–Crippen LogP) is 2.16. The van der Waals surface area contributed by atoms with Crippen LogP contribution in [0.25, 0.3) is 17.3 Å². The molecular weight excluding hydrogens is 533 g/mol. The molecule has 15 heteroatoms. The summed E-state index contributed by atoms with van der Waals surface area (Å²) in [6.45, 7) is 1.81. The van der Waals surface area contributed by atoms with Gasteiger partial charge in [-0.2, -0.15) is 0 Å². The highest BCUT2D eigenvalue weighted by molar-refractivity contribution is 7.93. The molecule has 0 spiro atoms. The maximum Gasteiger partial charge on any atom is 0.243 e. The standard InChI is InChI=1S/C24H26FN7O6S/c1-14-7-8-20(38-14)22-28-29-24(32(22)21-18(36-2)5-4-6-19(21)37-3)30-39(34,35)17-9-16(33)12-31(13-17)23-26-10-15(25)11-27-23/h4-8,10-11,16-17,33H,9,12-13H2,1-3H3,(H,29,30)/t16-,17+/m0/s1. The number of benzene rings is 1. The van der Waals surface area contributed by atoms with Crippen LogP contribution in [0.5, 0.6) is 11.5 Å². The Balaban J connectivity index is 1.55. The van der Waals surface area contributed by atoms with Crippen molar-refractivity contribution in [2.45, 2.75) is 24.7 Å². The lowest BCUT2D eigenvalue weighted by Gasteiger charge is -2.35. The summed E-state index contributed by atoms with van der Waals surface area (Å²) in [6, 6.07) is 8.53. The molecule has 2 N–H and O–H groups in total. The number of furan rings is 1. The normalized spacial score (nSPS) is 17.7. The molecule has 0 amide bonds. The van der Waals surface area contributed by atoms with Crippen molar-refractivity contribution in [3.05, 3.63) is 54.3 Å². The van der Waals surface area contributed by atoms with Crippen LogP contribution in [0, 0.1) is 12.7 Å². The largest absolute Gasteiger partial charge is 0.494 e. The lowest BCUT2D eigenvalue weighted by molar-refractivity contribution is 0.154. The second kappa shape index (κ2) is 10.5. The van der Waals surface area contributed by atoms with E-state index in [0.29, 0.717) is 28.7 Å². The Morgan fingerprint density at radius 3 is 2.38 bits per heavy atom. The maximum atomic E-state index is 13.7. The first-order valence-electron chi connectivity index (χ1n) is 11.9. The number of aliphatic hydroxyl groups is 1. The molecular formula is C24H26FN7O6S. The number of hydrogen-bond acceptors (Lipinski definition) is 11. The summed E-state index contributed by atoms with van der Waals surface area (Å²) in [6.07, 6.45) is 0.907. The summed E-state index contributed by atoms with van der Waals surface area (Å²) in [5.41, 5.74) is 0.347. The fraction of sp³-hybridized carbons (Fsp3) is 0.333. The smallest absolute Gasteiger partial charge is 0.243 e. The molecule has 0 saturated carbocycles. The molecule has 4 heterocycles. The number of hydrogen-bond donors (Lipinski definition) is 2. The van der Waals surface area contributed by atoms with Gasteiger partial charge in [0.05, 0.1) is 32.7 Å². The van der Waals surface area contributed by atoms with Gasteiger partial charge in [-0.1, -0.05) is 6.07 Å². The van der Waals surface area contributed by atoms with Gasteiger partial charge >= 0.3 is 0 Å². The highest BCUT2D eigenvalue weighted by atomic mass is 32.2.